The van der Waals surface area contributed by atoms with Crippen molar-refractivity contribution in [2.75, 3.05) is 19.8 Å². The molecule has 2 amide bonds. The maximum Gasteiger partial charge on any atom is 0.315 e. The van der Waals surface area contributed by atoms with Crippen LogP contribution in [0.3, 0.4) is 0 Å². The molecule has 9 heteroatoms. The van der Waals surface area contributed by atoms with E-state index in [9.17, 15) is 15.0 Å². The Balaban J connectivity index is 1.38. The number of hydrogen-bond acceptors (Lipinski definition) is 6. The second-order valence-corrected chi connectivity index (χ2v) is 6.36. The summed E-state index contributed by atoms with van der Waals surface area (Å²) in [5, 5.41) is 33.1. The Kier molecular flexibility index (Phi) is 5.64. The largest absolute Gasteiger partial charge is 0.389 e. The van der Waals surface area contributed by atoms with E-state index in [-0.39, 0.29) is 25.4 Å². The molecule has 0 radical (unpaired) electrons. The van der Waals surface area contributed by atoms with E-state index in [0.29, 0.717) is 38.3 Å². The Morgan fingerprint density at radius 3 is 2.88 bits per heavy atom. The predicted molar refractivity (Wildman–Crippen MR) is 84.3 cm³/mol. The predicted octanol–water partition coefficient (Wildman–Crippen LogP) is -0.513. The fourth-order valence-electron chi connectivity index (χ4n) is 2.89. The van der Waals surface area contributed by atoms with Crippen LogP contribution in [-0.4, -0.2) is 62.9 Å². The third-order valence-electron chi connectivity index (χ3n) is 4.45. The molecule has 1 saturated heterocycles. The minimum Gasteiger partial charge on any atom is -0.389 e. The van der Waals surface area contributed by atoms with E-state index in [2.05, 4.69) is 20.8 Å². The summed E-state index contributed by atoms with van der Waals surface area (Å²) in [5.74, 6) is 2.06. The summed E-state index contributed by atoms with van der Waals surface area (Å²) in [6.07, 6.45) is 3.51. The van der Waals surface area contributed by atoms with Crippen molar-refractivity contribution in [2.45, 2.75) is 56.9 Å². The van der Waals surface area contributed by atoms with Gasteiger partial charge in [0.05, 0.1) is 18.8 Å². The average Bonchev–Trinajstić information content (AvgIpc) is 3.34. The second kappa shape index (κ2) is 7.91. The minimum absolute atomic E-state index is 0.107. The quantitative estimate of drug-likeness (QED) is 0.496. The van der Waals surface area contributed by atoms with E-state index >= 15 is 0 Å². The molecule has 0 bridgehead atoms. The van der Waals surface area contributed by atoms with Crippen LogP contribution in [0.1, 0.15) is 43.3 Å². The highest BCUT2D eigenvalue weighted by Gasteiger charge is 2.30. The van der Waals surface area contributed by atoms with Crippen LogP contribution in [0.25, 0.3) is 0 Å². The van der Waals surface area contributed by atoms with Crippen LogP contribution < -0.4 is 10.6 Å². The van der Waals surface area contributed by atoms with Crippen molar-refractivity contribution in [3.63, 3.8) is 0 Å². The Labute approximate surface area is 140 Å². The second-order valence-electron chi connectivity index (χ2n) is 6.36. The van der Waals surface area contributed by atoms with Gasteiger partial charge in [0.1, 0.15) is 18.4 Å². The van der Waals surface area contributed by atoms with E-state index in [1.807, 2.05) is 0 Å². The third kappa shape index (κ3) is 4.22. The molecule has 0 spiro atoms. The Hall–Kier alpha value is -1.71. The highest BCUT2D eigenvalue weighted by molar-refractivity contribution is 5.74. The molecule has 2 atom stereocenters. The fraction of sp³-hybridized carbons (Fsp3) is 0.800. The van der Waals surface area contributed by atoms with Gasteiger partial charge in [0.25, 0.3) is 0 Å². The van der Waals surface area contributed by atoms with Gasteiger partial charge in [0.15, 0.2) is 0 Å². The van der Waals surface area contributed by atoms with E-state index in [1.165, 1.54) is 0 Å². The molecule has 1 saturated carbocycles. The normalized spacial score (nSPS) is 23.9. The van der Waals surface area contributed by atoms with Crippen LogP contribution in [0.4, 0.5) is 4.79 Å². The number of urea groups is 1. The monoisotopic (exact) mass is 339 g/mol. The minimum atomic E-state index is -0.659. The number of hydrogen-bond donors (Lipinski definition) is 4. The van der Waals surface area contributed by atoms with Gasteiger partial charge in [-0.15, -0.1) is 10.2 Å². The average molecular weight is 339 g/mol. The highest BCUT2D eigenvalue weighted by Crippen LogP contribution is 2.39. The summed E-state index contributed by atoms with van der Waals surface area (Å²) >= 11 is 0. The van der Waals surface area contributed by atoms with E-state index in [0.717, 1.165) is 24.5 Å². The standard InChI is InChI=1S/C15H25N5O4/c21-9-20-13(18-19-14(20)10-3-4-10)2-1-6-16-15(23)17-11-5-7-24-8-12(11)22/h10-12,21-22H,1-9H2,(H2,16,17,23). The van der Waals surface area contributed by atoms with Gasteiger partial charge in [-0.1, -0.05) is 0 Å². The highest BCUT2D eigenvalue weighted by atomic mass is 16.5. The summed E-state index contributed by atoms with van der Waals surface area (Å²) in [6, 6.07) is -0.555. The van der Waals surface area contributed by atoms with Crippen molar-refractivity contribution < 1.29 is 19.7 Å². The van der Waals surface area contributed by atoms with E-state index in [4.69, 9.17) is 4.74 Å². The molecule has 134 valence electrons. The maximum atomic E-state index is 11.8. The molecule has 1 aliphatic heterocycles. The number of carbonyl (C=O) groups is 1. The van der Waals surface area contributed by atoms with Crippen LogP contribution in [0.15, 0.2) is 0 Å². The Morgan fingerprint density at radius 2 is 2.17 bits per heavy atom. The maximum absolute atomic E-state index is 11.8. The molecule has 9 nitrogen and oxygen atoms in total. The number of amides is 2. The first-order valence-corrected chi connectivity index (χ1v) is 8.52. The van der Waals surface area contributed by atoms with Crippen molar-refractivity contribution in [1.82, 2.24) is 25.4 Å². The lowest BCUT2D eigenvalue weighted by Gasteiger charge is -2.28. The lowest BCUT2D eigenvalue weighted by Crippen LogP contribution is -2.51. The molecule has 2 aliphatic rings. The van der Waals surface area contributed by atoms with Crippen molar-refractivity contribution in [1.29, 1.82) is 0 Å². The number of carbonyl (C=O) groups excluding carboxylic acids is 1. The molecular formula is C15H25N5O4. The first kappa shape index (κ1) is 17.1. The van der Waals surface area contributed by atoms with Gasteiger partial charge in [-0.05, 0) is 25.7 Å². The zero-order valence-corrected chi connectivity index (χ0v) is 13.6. The number of aromatic nitrogens is 3. The summed E-state index contributed by atoms with van der Waals surface area (Å²) in [5.41, 5.74) is 0. The van der Waals surface area contributed by atoms with Crippen LogP contribution in [0, 0.1) is 0 Å². The number of nitrogens with one attached hydrogen (secondary N) is 2. The lowest BCUT2D eigenvalue weighted by molar-refractivity contribution is -0.0247. The molecule has 1 aromatic rings. The molecule has 2 heterocycles. The summed E-state index contributed by atoms with van der Waals surface area (Å²) in [6.45, 7) is 1.18. The van der Waals surface area contributed by atoms with Crippen molar-refractivity contribution >= 4 is 6.03 Å². The Morgan fingerprint density at radius 1 is 1.33 bits per heavy atom. The number of nitrogens with zero attached hydrogens (tertiary/aromatic N) is 3. The summed E-state index contributed by atoms with van der Waals surface area (Å²) in [4.78, 5) is 11.8. The van der Waals surface area contributed by atoms with Gasteiger partial charge in [-0.3, -0.25) is 4.57 Å². The van der Waals surface area contributed by atoms with Crippen molar-refractivity contribution in [3.05, 3.63) is 11.6 Å². The molecule has 2 fully saturated rings. The molecule has 1 aromatic heterocycles. The topological polar surface area (TPSA) is 122 Å². The van der Waals surface area contributed by atoms with Crippen LogP contribution in [-0.2, 0) is 17.9 Å². The van der Waals surface area contributed by atoms with Crippen LogP contribution in [0.2, 0.25) is 0 Å². The van der Waals surface area contributed by atoms with Crippen LogP contribution >= 0.6 is 0 Å². The van der Waals surface area contributed by atoms with Gasteiger partial charge in [-0.25, -0.2) is 4.79 Å². The molecule has 3 rings (SSSR count). The summed E-state index contributed by atoms with van der Waals surface area (Å²) in [7, 11) is 0. The number of aliphatic hydroxyl groups is 2. The van der Waals surface area contributed by atoms with Gasteiger partial charge < -0.3 is 25.6 Å². The lowest BCUT2D eigenvalue weighted by atomic mass is 10.1. The summed E-state index contributed by atoms with van der Waals surface area (Å²) < 4.78 is 6.89. The van der Waals surface area contributed by atoms with Gasteiger partial charge >= 0.3 is 6.03 Å². The number of aliphatic hydroxyl groups excluding tert-OH is 2. The fourth-order valence-corrected chi connectivity index (χ4v) is 2.89. The van der Waals surface area contributed by atoms with Crippen molar-refractivity contribution in [3.8, 4) is 0 Å². The van der Waals surface area contributed by atoms with E-state index < -0.39 is 6.10 Å². The van der Waals surface area contributed by atoms with Gasteiger partial charge in [0, 0.05) is 25.5 Å². The number of aryl methyl sites for hydroxylation is 1. The SMILES string of the molecule is O=C(NCCCc1nnc(C2CC2)n1CO)NC1CCOCC1O. The molecule has 1 aliphatic carbocycles. The molecular weight excluding hydrogens is 314 g/mol. The number of ether oxygens (including phenoxy) is 1. The molecule has 0 aromatic carbocycles. The van der Waals surface area contributed by atoms with E-state index in [1.54, 1.807) is 4.57 Å². The van der Waals surface area contributed by atoms with Gasteiger partial charge in [0.2, 0.25) is 0 Å². The first-order chi connectivity index (χ1) is 11.7. The third-order valence-corrected chi connectivity index (χ3v) is 4.45. The Bertz CT molecular complexity index is 560. The van der Waals surface area contributed by atoms with Crippen LogP contribution in [0.5, 0.6) is 0 Å². The molecule has 2 unspecified atom stereocenters. The molecule has 24 heavy (non-hydrogen) atoms. The first-order valence-electron chi connectivity index (χ1n) is 8.52. The zero-order chi connectivity index (χ0) is 16.9. The smallest absolute Gasteiger partial charge is 0.315 e. The number of rotatable bonds is 7. The zero-order valence-electron chi connectivity index (χ0n) is 13.6. The van der Waals surface area contributed by atoms with Crippen molar-refractivity contribution in [2.24, 2.45) is 0 Å². The molecule has 4 N–H and O–H groups in total. The van der Waals surface area contributed by atoms with Gasteiger partial charge in [-0.2, -0.15) is 0 Å².